The molecule has 0 aromatic carbocycles. The van der Waals surface area contributed by atoms with Crippen molar-refractivity contribution >= 4 is 5.91 Å². The summed E-state index contributed by atoms with van der Waals surface area (Å²) in [5.74, 6) is 0.292. The summed E-state index contributed by atoms with van der Waals surface area (Å²) in [6.07, 6.45) is 4.13. The number of aryl methyl sites for hydroxylation is 2. The first-order valence-corrected chi connectivity index (χ1v) is 8.34. The van der Waals surface area contributed by atoms with Crippen LogP contribution >= 0.6 is 0 Å². The lowest BCUT2D eigenvalue weighted by Crippen LogP contribution is -2.36. The Morgan fingerprint density at radius 3 is 2.50 bits per heavy atom. The van der Waals surface area contributed by atoms with Gasteiger partial charge in [0, 0.05) is 30.8 Å². The zero-order valence-electron chi connectivity index (χ0n) is 14.5. The summed E-state index contributed by atoms with van der Waals surface area (Å²) in [5, 5.41) is 7.72. The van der Waals surface area contributed by atoms with Gasteiger partial charge in [-0.3, -0.25) is 9.48 Å². The van der Waals surface area contributed by atoms with Crippen molar-refractivity contribution in [2.24, 2.45) is 5.92 Å². The zero-order valence-corrected chi connectivity index (χ0v) is 14.5. The number of nitrogens with one attached hydrogen (secondary N) is 1. The van der Waals surface area contributed by atoms with E-state index in [-0.39, 0.29) is 17.9 Å². The average Bonchev–Trinajstić information content (AvgIpc) is 2.81. The lowest BCUT2D eigenvalue weighted by molar-refractivity contribution is -0.127. The van der Waals surface area contributed by atoms with Crippen molar-refractivity contribution in [2.75, 3.05) is 7.11 Å². The molecule has 0 aliphatic heterocycles. The number of amides is 1. The Bertz CT molecular complexity index is 516. The second-order valence-corrected chi connectivity index (χ2v) is 6.34. The van der Waals surface area contributed by atoms with Gasteiger partial charge in [-0.1, -0.05) is 0 Å². The number of hydrogen-bond acceptors (Lipinski definition) is 3. The van der Waals surface area contributed by atoms with Crippen LogP contribution in [0.4, 0.5) is 0 Å². The Morgan fingerprint density at radius 2 is 2.00 bits per heavy atom. The third-order valence-corrected chi connectivity index (χ3v) is 4.91. The number of aromatic nitrogens is 2. The first kappa shape index (κ1) is 17.0. The molecule has 5 nitrogen and oxygen atoms in total. The third-order valence-electron chi connectivity index (χ3n) is 4.91. The van der Waals surface area contributed by atoms with Gasteiger partial charge in [0.1, 0.15) is 0 Å². The van der Waals surface area contributed by atoms with Gasteiger partial charge in [0.15, 0.2) is 0 Å². The fourth-order valence-corrected chi connectivity index (χ4v) is 3.61. The Labute approximate surface area is 133 Å². The van der Waals surface area contributed by atoms with Crippen LogP contribution in [0, 0.1) is 19.8 Å². The van der Waals surface area contributed by atoms with Crippen molar-refractivity contribution in [1.29, 1.82) is 0 Å². The summed E-state index contributed by atoms with van der Waals surface area (Å²) in [6, 6.07) is 0.00736. The Balaban J connectivity index is 1.99. The highest BCUT2D eigenvalue weighted by Crippen LogP contribution is 2.27. The van der Waals surface area contributed by atoms with Crippen LogP contribution in [0.1, 0.15) is 62.5 Å². The molecule has 0 bridgehead atoms. The maximum atomic E-state index is 12.5. The van der Waals surface area contributed by atoms with Crippen molar-refractivity contribution in [3.05, 3.63) is 17.0 Å². The van der Waals surface area contributed by atoms with Crippen LogP contribution in [-0.4, -0.2) is 28.9 Å². The lowest BCUT2D eigenvalue weighted by Gasteiger charge is -2.28. The number of carbonyl (C=O) groups excluding carboxylic acids is 1. The molecule has 1 heterocycles. The van der Waals surface area contributed by atoms with Gasteiger partial charge in [-0.2, -0.15) is 5.10 Å². The molecule has 22 heavy (non-hydrogen) atoms. The van der Waals surface area contributed by atoms with E-state index in [9.17, 15) is 4.79 Å². The van der Waals surface area contributed by atoms with E-state index in [4.69, 9.17) is 4.74 Å². The fraction of sp³-hybridized carbons (Fsp3) is 0.765. The van der Waals surface area contributed by atoms with Crippen molar-refractivity contribution in [3.8, 4) is 0 Å². The summed E-state index contributed by atoms with van der Waals surface area (Å²) in [6.45, 7) is 9.08. The Hall–Kier alpha value is -1.36. The van der Waals surface area contributed by atoms with E-state index >= 15 is 0 Å². The number of carbonyl (C=O) groups is 1. The number of methoxy groups -OCH3 is 1. The summed E-state index contributed by atoms with van der Waals surface area (Å²) in [7, 11) is 1.75. The van der Waals surface area contributed by atoms with Crippen molar-refractivity contribution in [3.63, 3.8) is 0 Å². The highest BCUT2D eigenvalue weighted by molar-refractivity contribution is 5.79. The predicted octanol–water partition coefficient (Wildman–Crippen LogP) is 2.90. The fourth-order valence-electron chi connectivity index (χ4n) is 3.61. The molecule has 1 aromatic heterocycles. The number of ether oxygens (including phenoxy) is 1. The monoisotopic (exact) mass is 307 g/mol. The molecule has 1 aromatic rings. The van der Waals surface area contributed by atoms with Crippen LogP contribution < -0.4 is 5.32 Å². The second kappa shape index (κ2) is 7.27. The van der Waals surface area contributed by atoms with Gasteiger partial charge in [-0.05, 0) is 53.4 Å². The molecule has 1 aliphatic carbocycles. The number of nitrogens with zero attached hydrogens (tertiary/aromatic N) is 2. The Morgan fingerprint density at radius 1 is 1.36 bits per heavy atom. The first-order valence-electron chi connectivity index (χ1n) is 8.34. The third kappa shape index (κ3) is 3.51. The predicted molar refractivity (Wildman–Crippen MR) is 86.7 cm³/mol. The molecule has 1 saturated carbocycles. The van der Waals surface area contributed by atoms with Crippen LogP contribution in [0.2, 0.25) is 0 Å². The molecule has 5 heteroatoms. The minimum absolute atomic E-state index is 0.00736. The number of hydrogen-bond donors (Lipinski definition) is 1. The highest BCUT2D eigenvalue weighted by Gasteiger charge is 2.28. The lowest BCUT2D eigenvalue weighted by atomic mass is 9.86. The minimum atomic E-state index is 0.00736. The van der Waals surface area contributed by atoms with Crippen LogP contribution in [0.3, 0.4) is 0 Å². The Kier molecular flexibility index (Phi) is 5.62. The van der Waals surface area contributed by atoms with Crippen molar-refractivity contribution < 1.29 is 9.53 Å². The topological polar surface area (TPSA) is 56.2 Å². The van der Waals surface area contributed by atoms with E-state index in [0.29, 0.717) is 6.10 Å². The normalized spacial score (nSPS) is 23.3. The van der Waals surface area contributed by atoms with E-state index in [1.165, 1.54) is 0 Å². The molecular formula is C17H29N3O2. The van der Waals surface area contributed by atoms with Gasteiger partial charge >= 0.3 is 0 Å². The summed E-state index contributed by atoms with van der Waals surface area (Å²) in [5.41, 5.74) is 3.31. The van der Waals surface area contributed by atoms with E-state index in [1.807, 2.05) is 11.6 Å². The van der Waals surface area contributed by atoms with Crippen LogP contribution in [0.25, 0.3) is 0 Å². The largest absolute Gasteiger partial charge is 0.381 e. The summed E-state index contributed by atoms with van der Waals surface area (Å²) in [4.78, 5) is 12.5. The van der Waals surface area contributed by atoms with Crippen molar-refractivity contribution in [1.82, 2.24) is 15.1 Å². The van der Waals surface area contributed by atoms with Gasteiger partial charge in [0.25, 0.3) is 0 Å². The maximum absolute atomic E-state index is 12.5. The quantitative estimate of drug-likeness (QED) is 0.910. The average molecular weight is 307 g/mol. The van der Waals surface area contributed by atoms with E-state index in [1.54, 1.807) is 7.11 Å². The first-order chi connectivity index (χ1) is 10.5. The second-order valence-electron chi connectivity index (χ2n) is 6.34. The summed E-state index contributed by atoms with van der Waals surface area (Å²) >= 11 is 0. The molecule has 1 aliphatic rings. The van der Waals surface area contributed by atoms with E-state index in [2.05, 4.69) is 31.2 Å². The molecule has 1 amide bonds. The molecule has 0 radical (unpaired) electrons. The van der Waals surface area contributed by atoms with Crippen LogP contribution in [0.5, 0.6) is 0 Å². The molecule has 1 N–H and O–H groups in total. The minimum Gasteiger partial charge on any atom is -0.381 e. The SMILES string of the molecule is CCn1nc(C)c([C@H](C)NC(=O)C2CCC(OC)CC2)c1C. The van der Waals surface area contributed by atoms with Gasteiger partial charge in [0.05, 0.1) is 17.8 Å². The molecule has 2 rings (SSSR count). The van der Waals surface area contributed by atoms with Gasteiger partial charge < -0.3 is 10.1 Å². The van der Waals surface area contributed by atoms with E-state index in [0.717, 1.165) is 49.2 Å². The number of rotatable bonds is 5. The summed E-state index contributed by atoms with van der Waals surface area (Å²) < 4.78 is 7.37. The molecule has 0 spiro atoms. The van der Waals surface area contributed by atoms with Crippen LogP contribution in [0.15, 0.2) is 0 Å². The van der Waals surface area contributed by atoms with Crippen molar-refractivity contribution in [2.45, 2.75) is 72.1 Å². The molecule has 124 valence electrons. The molecule has 1 fully saturated rings. The molecular weight excluding hydrogens is 278 g/mol. The van der Waals surface area contributed by atoms with Gasteiger partial charge in [-0.25, -0.2) is 0 Å². The van der Waals surface area contributed by atoms with Gasteiger partial charge in [-0.15, -0.1) is 0 Å². The smallest absolute Gasteiger partial charge is 0.223 e. The van der Waals surface area contributed by atoms with Gasteiger partial charge in [0.2, 0.25) is 5.91 Å². The maximum Gasteiger partial charge on any atom is 0.223 e. The standard InChI is InChI=1S/C17H29N3O2/c1-6-20-13(4)16(12(3)19-20)11(2)18-17(21)14-7-9-15(22-5)10-8-14/h11,14-15H,6-10H2,1-5H3,(H,18,21)/t11-,14?,15?/m0/s1. The molecule has 0 unspecified atom stereocenters. The van der Waals surface area contributed by atoms with E-state index < -0.39 is 0 Å². The van der Waals surface area contributed by atoms with Crippen LogP contribution in [-0.2, 0) is 16.1 Å². The molecule has 1 atom stereocenters. The highest BCUT2D eigenvalue weighted by atomic mass is 16.5. The molecule has 0 saturated heterocycles. The zero-order chi connectivity index (χ0) is 16.3.